The van der Waals surface area contributed by atoms with Crippen molar-refractivity contribution in [2.24, 2.45) is 0 Å². The van der Waals surface area contributed by atoms with Crippen molar-refractivity contribution in [3.63, 3.8) is 0 Å². The van der Waals surface area contributed by atoms with E-state index in [-0.39, 0.29) is 11.9 Å². The van der Waals surface area contributed by atoms with Crippen LogP contribution >= 0.6 is 15.9 Å². The summed E-state index contributed by atoms with van der Waals surface area (Å²) in [4.78, 5) is 15.7. The summed E-state index contributed by atoms with van der Waals surface area (Å²) in [6.45, 7) is 4.74. The summed E-state index contributed by atoms with van der Waals surface area (Å²) in [6.07, 6.45) is 4.77. The molecule has 0 aliphatic heterocycles. The minimum absolute atomic E-state index is 0.0377. The number of carbonyl (C=O) groups is 1. The molecule has 3 rings (SSSR count). The Kier molecular flexibility index (Phi) is 4.57. The first-order chi connectivity index (χ1) is 11.1. The van der Waals surface area contributed by atoms with Crippen molar-refractivity contribution in [1.82, 2.24) is 14.9 Å². The summed E-state index contributed by atoms with van der Waals surface area (Å²) in [5.41, 5.74) is 3.04. The third kappa shape index (κ3) is 3.34. The van der Waals surface area contributed by atoms with Gasteiger partial charge in [0, 0.05) is 40.4 Å². The number of H-pyrrole nitrogens is 1. The molecule has 0 bridgehead atoms. The van der Waals surface area contributed by atoms with E-state index in [9.17, 15) is 4.79 Å². The Morgan fingerprint density at radius 1 is 1.35 bits per heavy atom. The van der Waals surface area contributed by atoms with Gasteiger partial charge in [0.1, 0.15) is 5.69 Å². The normalized spacial score (nSPS) is 11.3. The quantitative estimate of drug-likeness (QED) is 0.688. The molecule has 4 nitrogen and oxygen atoms in total. The van der Waals surface area contributed by atoms with Gasteiger partial charge in [0.05, 0.1) is 0 Å². The highest BCUT2D eigenvalue weighted by Crippen LogP contribution is 2.20. The lowest BCUT2D eigenvalue weighted by Crippen LogP contribution is -2.28. The summed E-state index contributed by atoms with van der Waals surface area (Å²) in [5, 5.41) is 4.23. The van der Waals surface area contributed by atoms with E-state index < -0.39 is 0 Å². The molecule has 0 fully saturated rings. The van der Waals surface area contributed by atoms with Crippen molar-refractivity contribution < 1.29 is 4.79 Å². The number of halogens is 1. The van der Waals surface area contributed by atoms with Gasteiger partial charge in [-0.3, -0.25) is 4.79 Å². The first-order valence-corrected chi connectivity index (χ1v) is 8.56. The monoisotopic (exact) mass is 373 g/mol. The molecule has 1 amide bonds. The molecule has 0 atom stereocenters. The molecule has 5 heteroatoms. The number of aromatic amines is 1. The Morgan fingerprint density at radius 2 is 2.13 bits per heavy atom. The number of carbonyl (C=O) groups excluding carboxylic acids is 1. The van der Waals surface area contributed by atoms with E-state index in [4.69, 9.17) is 0 Å². The van der Waals surface area contributed by atoms with E-state index in [0.717, 1.165) is 16.4 Å². The first kappa shape index (κ1) is 15.9. The van der Waals surface area contributed by atoms with E-state index in [1.54, 1.807) is 0 Å². The van der Waals surface area contributed by atoms with Crippen LogP contribution in [0.1, 0.15) is 35.9 Å². The van der Waals surface area contributed by atoms with Crippen LogP contribution in [0.3, 0.4) is 0 Å². The lowest BCUT2D eigenvalue weighted by Gasteiger charge is -2.12. The van der Waals surface area contributed by atoms with Crippen LogP contribution < -0.4 is 5.32 Å². The van der Waals surface area contributed by atoms with Crippen molar-refractivity contribution in [2.45, 2.75) is 26.3 Å². The maximum atomic E-state index is 12.4. The molecular weight excluding hydrogens is 354 g/mol. The van der Waals surface area contributed by atoms with Crippen LogP contribution in [0.25, 0.3) is 10.9 Å². The number of nitrogens with zero attached hydrogens (tertiary/aromatic N) is 1. The zero-order valence-electron chi connectivity index (χ0n) is 13.3. The van der Waals surface area contributed by atoms with E-state index in [1.807, 2.05) is 35.2 Å². The average Bonchev–Trinajstić information content (AvgIpc) is 3.11. The topological polar surface area (TPSA) is 49.8 Å². The van der Waals surface area contributed by atoms with Gasteiger partial charge in [-0.05, 0) is 53.9 Å². The van der Waals surface area contributed by atoms with E-state index >= 15 is 0 Å². The summed E-state index contributed by atoms with van der Waals surface area (Å²) in [5.74, 6) is -0.0377. The SMILES string of the molecule is CC(C)n1cc(Br)cc1C(=O)NCCc1c[nH]c2ccccc12. The average molecular weight is 374 g/mol. The molecule has 1 aromatic carbocycles. The fraction of sp³-hybridized carbons (Fsp3) is 0.278. The van der Waals surface area contributed by atoms with Crippen molar-refractivity contribution in [2.75, 3.05) is 6.54 Å². The second-order valence-electron chi connectivity index (χ2n) is 5.91. The van der Waals surface area contributed by atoms with Crippen LogP contribution in [0.5, 0.6) is 0 Å². The number of hydrogen-bond acceptors (Lipinski definition) is 1. The van der Waals surface area contributed by atoms with Crippen LogP contribution in [0.2, 0.25) is 0 Å². The van der Waals surface area contributed by atoms with Crippen LogP contribution in [-0.2, 0) is 6.42 Å². The van der Waals surface area contributed by atoms with E-state index in [2.05, 4.69) is 52.2 Å². The third-order valence-electron chi connectivity index (χ3n) is 3.96. The van der Waals surface area contributed by atoms with Gasteiger partial charge in [-0.2, -0.15) is 0 Å². The van der Waals surface area contributed by atoms with Crippen LogP contribution in [0, 0.1) is 0 Å². The molecule has 2 N–H and O–H groups in total. The number of hydrogen-bond donors (Lipinski definition) is 2. The molecule has 0 radical (unpaired) electrons. The maximum absolute atomic E-state index is 12.4. The predicted molar refractivity (Wildman–Crippen MR) is 96.9 cm³/mol. The highest BCUT2D eigenvalue weighted by molar-refractivity contribution is 9.10. The first-order valence-electron chi connectivity index (χ1n) is 7.77. The van der Waals surface area contributed by atoms with Gasteiger partial charge in [0.25, 0.3) is 5.91 Å². The number of rotatable bonds is 5. The number of aromatic nitrogens is 2. The predicted octanol–water partition coefficient (Wildman–Crippen LogP) is 4.29. The lowest BCUT2D eigenvalue weighted by molar-refractivity contribution is 0.0943. The van der Waals surface area contributed by atoms with Gasteiger partial charge < -0.3 is 14.9 Å². The summed E-state index contributed by atoms with van der Waals surface area (Å²) < 4.78 is 2.90. The van der Waals surface area contributed by atoms with Crippen molar-refractivity contribution in [1.29, 1.82) is 0 Å². The molecule has 2 aromatic heterocycles. The van der Waals surface area contributed by atoms with Crippen molar-refractivity contribution in [3.05, 3.63) is 58.5 Å². The molecule has 120 valence electrons. The molecule has 0 unspecified atom stereocenters. The Bertz CT molecular complexity index is 832. The summed E-state index contributed by atoms with van der Waals surface area (Å²) in [7, 11) is 0. The molecule has 0 aliphatic rings. The standard InChI is InChI=1S/C18H20BrN3O/c1-12(2)22-11-14(19)9-17(22)18(23)20-8-7-13-10-21-16-6-4-3-5-15(13)16/h3-6,9-12,21H,7-8H2,1-2H3,(H,20,23). The molecular formula is C18H20BrN3O. The fourth-order valence-corrected chi connectivity index (χ4v) is 3.23. The molecule has 0 aliphatic carbocycles. The minimum atomic E-state index is -0.0377. The van der Waals surface area contributed by atoms with Crippen LogP contribution in [0.4, 0.5) is 0 Å². The Morgan fingerprint density at radius 3 is 2.91 bits per heavy atom. The second-order valence-corrected chi connectivity index (χ2v) is 6.83. The molecule has 0 saturated carbocycles. The number of benzene rings is 1. The lowest BCUT2D eigenvalue weighted by atomic mass is 10.1. The van der Waals surface area contributed by atoms with Gasteiger partial charge in [0.2, 0.25) is 0 Å². The molecule has 2 heterocycles. The number of nitrogens with one attached hydrogen (secondary N) is 2. The van der Waals surface area contributed by atoms with Gasteiger partial charge in [-0.25, -0.2) is 0 Å². The Hall–Kier alpha value is -2.01. The van der Waals surface area contributed by atoms with E-state index in [1.165, 1.54) is 10.9 Å². The Labute approximate surface area is 144 Å². The molecule has 23 heavy (non-hydrogen) atoms. The van der Waals surface area contributed by atoms with Crippen LogP contribution in [-0.4, -0.2) is 22.0 Å². The zero-order chi connectivity index (χ0) is 16.4. The number of fused-ring (bicyclic) bond motifs is 1. The zero-order valence-corrected chi connectivity index (χ0v) is 14.9. The third-order valence-corrected chi connectivity index (χ3v) is 4.39. The minimum Gasteiger partial charge on any atom is -0.361 e. The number of para-hydroxylation sites is 1. The molecule has 0 saturated heterocycles. The van der Waals surface area contributed by atoms with Crippen molar-refractivity contribution >= 4 is 32.7 Å². The highest BCUT2D eigenvalue weighted by atomic mass is 79.9. The molecule has 3 aromatic rings. The van der Waals surface area contributed by atoms with Gasteiger partial charge in [0.15, 0.2) is 0 Å². The smallest absolute Gasteiger partial charge is 0.267 e. The summed E-state index contributed by atoms with van der Waals surface area (Å²) >= 11 is 3.44. The van der Waals surface area contributed by atoms with E-state index in [0.29, 0.717) is 12.2 Å². The maximum Gasteiger partial charge on any atom is 0.267 e. The largest absolute Gasteiger partial charge is 0.361 e. The van der Waals surface area contributed by atoms with Gasteiger partial charge in [-0.15, -0.1) is 0 Å². The molecule has 0 spiro atoms. The highest BCUT2D eigenvalue weighted by Gasteiger charge is 2.14. The summed E-state index contributed by atoms with van der Waals surface area (Å²) in [6, 6.07) is 10.3. The van der Waals surface area contributed by atoms with Gasteiger partial charge >= 0.3 is 0 Å². The fourth-order valence-electron chi connectivity index (χ4n) is 2.79. The second kappa shape index (κ2) is 6.62. The van der Waals surface area contributed by atoms with Crippen molar-refractivity contribution in [3.8, 4) is 0 Å². The van der Waals surface area contributed by atoms with Crippen LogP contribution in [0.15, 0.2) is 47.2 Å². The number of amides is 1. The van der Waals surface area contributed by atoms with Gasteiger partial charge in [-0.1, -0.05) is 18.2 Å². The Balaban J connectivity index is 1.66.